The fraction of sp³-hybridized carbons (Fsp3) is 0.400. The van der Waals surface area contributed by atoms with Gasteiger partial charge in [-0.2, -0.15) is 0 Å². The fourth-order valence-corrected chi connectivity index (χ4v) is 2.95. The summed E-state index contributed by atoms with van der Waals surface area (Å²) in [7, 11) is 1.39. The van der Waals surface area contributed by atoms with Gasteiger partial charge < -0.3 is 10.1 Å². The minimum absolute atomic E-state index is 0.131. The minimum atomic E-state index is -0.657. The molecule has 22 heavy (non-hydrogen) atoms. The van der Waals surface area contributed by atoms with Crippen LogP contribution in [0.25, 0.3) is 0 Å². The number of amides is 3. The predicted octanol–water partition coefficient (Wildman–Crippen LogP) is 1.27. The van der Waals surface area contributed by atoms with Gasteiger partial charge in [-0.3, -0.25) is 14.9 Å². The summed E-state index contributed by atoms with van der Waals surface area (Å²) in [5, 5.41) is 4.25. The van der Waals surface area contributed by atoms with Crippen LogP contribution in [0.1, 0.15) is 17.5 Å². The average molecular weight is 322 g/mol. The van der Waals surface area contributed by atoms with Gasteiger partial charge in [-0.05, 0) is 42.5 Å². The molecule has 6 nitrogen and oxygen atoms in total. The predicted molar refractivity (Wildman–Crippen MR) is 82.7 cm³/mol. The van der Waals surface area contributed by atoms with Crippen molar-refractivity contribution in [3.63, 3.8) is 0 Å². The van der Waals surface area contributed by atoms with Gasteiger partial charge in [0.2, 0.25) is 0 Å². The maximum atomic E-state index is 11.6. The third kappa shape index (κ3) is 4.77. The minimum Gasteiger partial charge on any atom is -0.455 e. The SMILES string of the molecule is CNC(=O)NC(=O)COC(=O)CSc1ccc2c(c1)CCC2. The molecular formula is C15H18N2O4S. The summed E-state index contributed by atoms with van der Waals surface area (Å²) in [4.78, 5) is 34.8. The van der Waals surface area contributed by atoms with E-state index in [0.29, 0.717) is 0 Å². The smallest absolute Gasteiger partial charge is 0.321 e. The lowest BCUT2D eigenvalue weighted by molar-refractivity contribution is -0.145. The van der Waals surface area contributed by atoms with Gasteiger partial charge in [0.05, 0.1) is 5.75 Å². The number of fused-ring (bicyclic) bond motifs is 1. The lowest BCUT2D eigenvalue weighted by Gasteiger charge is -2.06. The quantitative estimate of drug-likeness (QED) is 0.630. The molecule has 0 bridgehead atoms. The van der Waals surface area contributed by atoms with Crippen molar-refractivity contribution >= 4 is 29.7 Å². The summed E-state index contributed by atoms with van der Waals surface area (Å²) in [5.74, 6) is -1.01. The van der Waals surface area contributed by atoms with Crippen LogP contribution in [0, 0.1) is 0 Å². The molecule has 0 spiro atoms. The van der Waals surface area contributed by atoms with Crippen molar-refractivity contribution in [1.82, 2.24) is 10.6 Å². The monoisotopic (exact) mass is 322 g/mol. The second-order valence-corrected chi connectivity index (χ2v) is 5.91. The van der Waals surface area contributed by atoms with Crippen LogP contribution in [-0.2, 0) is 27.2 Å². The van der Waals surface area contributed by atoms with E-state index in [-0.39, 0.29) is 5.75 Å². The molecule has 1 aromatic rings. The summed E-state index contributed by atoms with van der Waals surface area (Å²) >= 11 is 1.38. The number of imide groups is 1. The Balaban J connectivity index is 1.71. The third-order valence-corrected chi connectivity index (χ3v) is 4.24. The van der Waals surface area contributed by atoms with Gasteiger partial charge in [-0.15, -0.1) is 11.8 Å². The maximum Gasteiger partial charge on any atom is 0.321 e. The van der Waals surface area contributed by atoms with Gasteiger partial charge in [0, 0.05) is 11.9 Å². The number of hydrogen-bond acceptors (Lipinski definition) is 5. The molecule has 0 aliphatic heterocycles. The molecule has 0 aromatic heterocycles. The third-order valence-electron chi connectivity index (χ3n) is 3.27. The molecule has 0 fully saturated rings. The zero-order valence-electron chi connectivity index (χ0n) is 12.3. The fourth-order valence-electron chi connectivity index (χ4n) is 2.19. The largest absolute Gasteiger partial charge is 0.455 e. The van der Waals surface area contributed by atoms with Crippen molar-refractivity contribution in [3.05, 3.63) is 29.3 Å². The van der Waals surface area contributed by atoms with Crippen molar-refractivity contribution in [2.24, 2.45) is 0 Å². The second kappa shape index (κ2) is 7.84. The van der Waals surface area contributed by atoms with Crippen LogP contribution < -0.4 is 10.6 Å². The highest BCUT2D eigenvalue weighted by molar-refractivity contribution is 8.00. The molecule has 0 heterocycles. The number of nitrogens with one attached hydrogen (secondary N) is 2. The van der Waals surface area contributed by atoms with E-state index in [1.54, 1.807) is 0 Å². The number of ether oxygens (including phenoxy) is 1. The van der Waals surface area contributed by atoms with E-state index in [1.807, 2.05) is 11.4 Å². The Labute approximate surface area is 133 Å². The van der Waals surface area contributed by atoms with E-state index >= 15 is 0 Å². The molecule has 1 aromatic carbocycles. The lowest BCUT2D eigenvalue weighted by Crippen LogP contribution is -2.39. The molecule has 1 aliphatic rings. The van der Waals surface area contributed by atoms with Gasteiger partial charge in [0.1, 0.15) is 0 Å². The lowest BCUT2D eigenvalue weighted by atomic mass is 10.1. The normalized spacial score (nSPS) is 12.4. The first-order valence-corrected chi connectivity index (χ1v) is 7.99. The number of benzene rings is 1. The number of hydrogen-bond donors (Lipinski definition) is 2. The number of carbonyl (C=O) groups excluding carboxylic acids is 3. The van der Waals surface area contributed by atoms with Crippen molar-refractivity contribution in [1.29, 1.82) is 0 Å². The number of aryl methyl sites for hydroxylation is 2. The standard InChI is InChI=1S/C15H18N2O4S/c1-16-15(20)17-13(18)8-21-14(19)9-22-12-6-5-10-3-2-4-11(10)7-12/h5-7H,2-4,8-9H2,1H3,(H2,16,17,18,20). The Morgan fingerprint density at radius 2 is 2.00 bits per heavy atom. The van der Waals surface area contributed by atoms with Crippen molar-refractivity contribution in [2.75, 3.05) is 19.4 Å². The highest BCUT2D eigenvalue weighted by Crippen LogP contribution is 2.27. The van der Waals surface area contributed by atoms with Crippen LogP contribution in [0.2, 0.25) is 0 Å². The van der Waals surface area contributed by atoms with Crippen LogP contribution >= 0.6 is 11.8 Å². The van der Waals surface area contributed by atoms with Gasteiger partial charge in [-0.1, -0.05) is 6.07 Å². The Hall–Kier alpha value is -2.02. The molecule has 0 radical (unpaired) electrons. The van der Waals surface area contributed by atoms with Gasteiger partial charge in [0.25, 0.3) is 5.91 Å². The van der Waals surface area contributed by atoms with Crippen molar-refractivity contribution < 1.29 is 19.1 Å². The van der Waals surface area contributed by atoms with E-state index in [9.17, 15) is 14.4 Å². The molecule has 118 valence electrons. The Kier molecular flexibility index (Phi) is 5.83. The van der Waals surface area contributed by atoms with Gasteiger partial charge >= 0.3 is 12.0 Å². The zero-order valence-corrected chi connectivity index (χ0v) is 13.1. The number of rotatable bonds is 5. The first-order valence-electron chi connectivity index (χ1n) is 7.00. The molecule has 0 atom stereocenters. The van der Waals surface area contributed by atoms with E-state index in [0.717, 1.165) is 17.7 Å². The molecule has 3 amide bonds. The molecular weight excluding hydrogens is 304 g/mol. The molecule has 0 saturated heterocycles. The molecule has 1 aliphatic carbocycles. The van der Waals surface area contributed by atoms with Crippen molar-refractivity contribution in [2.45, 2.75) is 24.2 Å². The highest BCUT2D eigenvalue weighted by Gasteiger charge is 2.13. The Morgan fingerprint density at radius 3 is 2.77 bits per heavy atom. The molecule has 7 heteroatoms. The number of carbonyl (C=O) groups is 3. The van der Waals surface area contributed by atoms with Crippen LogP contribution in [-0.4, -0.2) is 37.3 Å². The highest BCUT2D eigenvalue weighted by atomic mass is 32.2. The summed E-state index contributed by atoms with van der Waals surface area (Å²) in [5.41, 5.74) is 2.74. The van der Waals surface area contributed by atoms with E-state index in [4.69, 9.17) is 4.74 Å². The topological polar surface area (TPSA) is 84.5 Å². The van der Waals surface area contributed by atoms with Crippen LogP contribution in [0.4, 0.5) is 4.79 Å². The second-order valence-electron chi connectivity index (χ2n) is 4.86. The van der Waals surface area contributed by atoms with Crippen LogP contribution in [0.15, 0.2) is 23.1 Å². The zero-order chi connectivity index (χ0) is 15.9. The Bertz CT molecular complexity index is 589. The number of thioether (sulfide) groups is 1. The first-order chi connectivity index (χ1) is 10.6. The van der Waals surface area contributed by atoms with Crippen LogP contribution in [0.5, 0.6) is 0 Å². The summed E-state index contributed by atoms with van der Waals surface area (Å²) in [6.45, 7) is -0.461. The van der Waals surface area contributed by atoms with E-state index in [2.05, 4.69) is 17.4 Å². The molecule has 2 rings (SSSR count). The van der Waals surface area contributed by atoms with Crippen molar-refractivity contribution in [3.8, 4) is 0 Å². The summed E-state index contributed by atoms with van der Waals surface area (Å²) < 4.78 is 4.81. The number of esters is 1. The number of urea groups is 1. The summed E-state index contributed by atoms with van der Waals surface area (Å²) in [6.07, 6.45) is 3.41. The molecule has 0 saturated carbocycles. The van der Waals surface area contributed by atoms with E-state index in [1.165, 1.54) is 36.4 Å². The molecule has 0 unspecified atom stereocenters. The first kappa shape index (κ1) is 16.4. The molecule has 2 N–H and O–H groups in total. The van der Waals surface area contributed by atoms with E-state index < -0.39 is 24.5 Å². The van der Waals surface area contributed by atoms with Gasteiger partial charge in [-0.25, -0.2) is 4.79 Å². The Morgan fingerprint density at radius 1 is 1.23 bits per heavy atom. The maximum absolute atomic E-state index is 11.6. The average Bonchev–Trinajstić information content (AvgIpc) is 2.98. The van der Waals surface area contributed by atoms with Gasteiger partial charge in [0.15, 0.2) is 6.61 Å². The van der Waals surface area contributed by atoms with Crippen LogP contribution in [0.3, 0.4) is 0 Å². The summed E-state index contributed by atoms with van der Waals surface area (Å²) in [6, 6.07) is 5.58.